The molecule has 1 N–H and O–H groups in total. The Balaban J connectivity index is 4.37. The Labute approximate surface area is 422 Å². The molecule has 0 radical (unpaired) electrons. The van der Waals surface area contributed by atoms with Crippen molar-refractivity contribution in [2.24, 2.45) is 0 Å². The number of likely N-dealkylation sites (N-methyl/N-ethyl adjacent to an activating group) is 1. The lowest BCUT2D eigenvalue weighted by molar-refractivity contribution is -0.870. The van der Waals surface area contributed by atoms with Gasteiger partial charge in [0.1, 0.15) is 13.2 Å². The van der Waals surface area contributed by atoms with Crippen molar-refractivity contribution in [2.45, 2.75) is 219 Å². The predicted molar refractivity (Wildman–Crippen MR) is 290 cm³/mol. The van der Waals surface area contributed by atoms with E-state index in [1.165, 1.54) is 64.2 Å². The maximum atomic E-state index is 12.9. The van der Waals surface area contributed by atoms with Crippen LogP contribution in [0.2, 0.25) is 0 Å². The molecule has 9 heteroatoms. The van der Waals surface area contributed by atoms with Gasteiger partial charge in [0.05, 0.1) is 34.4 Å². The molecule has 0 aliphatic heterocycles. The van der Waals surface area contributed by atoms with E-state index in [9.17, 15) is 19.5 Å². The summed E-state index contributed by atoms with van der Waals surface area (Å²) in [5.74, 6) is -2.05. The molecule has 2 unspecified atom stereocenters. The van der Waals surface area contributed by atoms with Gasteiger partial charge in [0, 0.05) is 12.8 Å². The van der Waals surface area contributed by atoms with Crippen LogP contribution in [0.3, 0.4) is 0 Å². The van der Waals surface area contributed by atoms with E-state index < -0.39 is 24.3 Å². The lowest BCUT2D eigenvalue weighted by Crippen LogP contribution is -2.40. The molecule has 0 saturated carbocycles. The summed E-state index contributed by atoms with van der Waals surface area (Å²) in [5, 5.41) is 9.69. The van der Waals surface area contributed by atoms with Gasteiger partial charge in [-0.15, -0.1) is 0 Å². The lowest BCUT2D eigenvalue weighted by Gasteiger charge is -2.25. The first kappa shape index (κ1) is 65.2. The van der Waals surface area contributed by atoms with Gasteiger partial charge in [0.2, 0.25) is 0 Å². The predicted octanol–water partition coefficient (Wildman–Crippen LogP) is 15.8. The summed E-state index contributed by atoms with van der Waals surface area (Å²) in [6, 6.07) is 0. The minimum Gasteiger partial charge on any atom is -0.477 e. The molecule has 0 rings (SSSR count). The number of carboxylic acid groups (broad SMARTS) is 1. The maximum absolute atomic E-state index is 12.9. The molecule has 0 aromatic carbocycles. The summed E-state index contributed by atoms with van der Waals surface area (Å²) in [6.07, 6.45) is 64.7. The number of aliphatic carboxylic acids is 1. The van der Waals surface area contributed by atoms with Crippen LogP contribution in [-0.4, -0.2) is 87.4 Å². The molecular formula is C60H102NO8+. The number of ether oxygens (including phenoxy) is 4. The summed E-state index contributed by atoms with van der Waals surface area (Å²) in [7, 11) is 5.95. The van der Waals surface area contributed by atoms with Crippen LogP contribution in [-0.2, 0) is 33.3 Å². The quantitative estimate of drug-likeness (QED) is 0.0211. The number of hydrogen-bond donors (Lipinski definition) is 1. The van der Waals surface area contributed by atoms with E-state index in [0.717, 1.165) is 109 Å². The molecule has 0 saturated heterocycles. The first-order valence-corrected chi connectivity index (χ1v) is 27.4. The van der Waals surface area contributed by atoms with Crippen molar-refractivity contribution in [2.75, 3.05) is 47.5 Å². The number of quaternary nitrogens is 1. The molecule has 0 amide bonds. The first-order chi connectivity index (χ1) is 33.6. The van der Waals surface area contributed by atoms with E-state index in [0.29, 0.717) is 17.4 Å². The fourth-order valence-electron chi connectivity index (χ4n) is 7.10. The second-order valence-electron chi connectivity index (χ2n) is 19.2. The summed E-state index contributed by atoms with van der Waals surface area (Å²) in [5.41, 5.74) is 0. The van der Waals surface area contributed by atoms with Crippen molar-refractivity contribution in [1.29, 1.82) is 0 Å². The highest BCUT2D eigenvalue weighted by atomic mass is 16.7. The summed E-state index contributed by atoms with van der Waals surface area (Å²) in [4.78, 5) is 37.3. The molecule has 0 heterocycles. The van der Waals surface area contributed by atoms with E-state index in [1.807, 2.05) is 21.1 Å². The molecule has 9 nitrogen and oxygen atoms in total. The zero-order valence-electron chi connectivity index (χ0n) is 44.7. The third-order valence-electron chi connectivity index (χ3n) is 11.3. The van der Waals surface area contributed by atoms with Gasteiger partial charge >= 0.3 is 17.9 Å². The van der Waals surface area contributed by atoms with Crippen molar-refractivity contribution in [3.05, 3.63) is 97.2 Å². The number of unbranched alkanes of at least 4 members (excludes halogenated alkanes) is 18. The summed E-state index contributed by atoms with van der Waals surface area (Å²) >= 11 is 0. The van der Waals surface area contributed by atoms with E-state index in [1.54, 1.807) is 0 Å². The molecule has 0 aliphatic rings. The van der Waals surface area contributed by atoms with Gasteiger partial charge in [-0.1, -0.05) is 195 Å². The molecule has 2 atom stereocenters. The maximum Gasteiger partial charge on any atom is 0.361 e. The largest absolute Gasteiger partial charge is 0.477 e. The van der Waals surface area contributed by atoms with Crippen molar-refractivity contribution < 1.29 is 42.9 Å². The van der Waals surface area contributed by atoms with Gasteiger partial charge in [-0.25, -0.2) is 4.79 Å². The molecule has 0 aromatic heterocycles. The Morgan fingerprint density at radius 3 is 1.25 bits per heavy atom. The van der Waals surface area contributed by atoms with Gasteiger partial charge in [0.25, 0.3) is 6.29 Å². The van der Waals surface area contributed by atoms with E-state index in [-0.39, 0.29) is 38.6 Å². The van der Waals surface area contributed by atoms with Crippen LogP contribution in [0.4, 0.5) is 0 Å². The highest BCUT2D eigenvalue weighted by Crippen LogP contribution is 2.14. The van der Waals surface area contributed by atoms with Crippen molar-refractivity contribution in [3.8, 4) is 0 Å². The van der Waals surface area contributed by atoms with Crippen LogP contribution in [0.1, 0.15) is 206 Å². The Kier molecular flexibility index (Phi) is 47.8. The monoisotopic (exact) mass is 965 g/mol. The highest BCUT2D eigenvalue weighted by Gasteiger charge is 2.25. The third-order valence-corrected chi connectivity index (χ3v) is 11.3. The van der Waals surface area contributed by atoms with Crippen LogP contribution >= 0.6 is 0 Å². The lowest BCUT2D eigenvalue weighted by atomic mass is 10.1. The van der Waals surface area contributed by atoms with Crippen LogP contribution in [0.25, 0.3) is 0 Å². The SMILES string of the molecule is CC/C=C\C/C=C\C/C=C\C/C=C\C/C=C\C/C=C\C/C=C\CCCCCCCC(=O)OC(COC(=O)CCCCCCCCC/C=C\CCCCCCCC)COC(OCC[N+](C)(C)C)C(=O)O. The highest BCUT2D eigenvalue weighted by molar-refractivity contribution is 5.71. The fourth-order valence-corrected chi connectivity index (χ4v) is 7.10. The van der Waals surface area contributed by atoms with Gasteiger partial charge in [-0.2, -0.15) is 0 Å². The average molecular weight is 965 g/mol. The minimum absolute atomic E-state index is 0.178. The molecule has 0 aromatic rings. The smallest absolute Gasteiger partial charge is 0.361 e. The third kappa shape index (κ3) is 51.9. The summed E-state index contributed by atoms with van der Waals surface area (Å²) < 4.78 is 22.8. The topological polar surface area (TPSA) is 108 Å². The molecule has 0 aliphatic carbocycles. The second-order valence-corrected chi connectivity index (χ2v) is 19.2. The Morgan fingerprint density at radius 2 is 0.826 bits per heavy atom. The standard InChI is InChI=1S/C60H101NO8/c1-6-8-10-12-14-16-18-20-22-24-25-26-27-28-29-30-31-32-33-35-37-39-41-43-45-47-49-51-58(63)69-56(55-68-60(59(64)65)66-53-52-61(3,4)5)54-67-57(62)50-48-46-44-42-40-38-36-34-23-21-19-17-15-13-11-9-7-2/h8,10,14,16,20-23,25-26,28-29,31-32,35,37,56,60H,6-7,9,11-13,15,17-19,24,27,30,33-34,36,38-55H2,1-5H3/p+1/b10-8-,16-14-,22-20-,23-21-,26-25-,29-28-,32-31-,37-35-. The number of carboxylic acids is 1. The zero-order chi connectivity index (χ0) is 50.6. The van der Waals surface area contributed by atoms with Gasteiger partial charge in [0.15, 0.2) is 6.10 Å². The first-order valence-electron chi connectivity index (χ1n) is 27.4. The number of esters is 2. The number of carbonyl (C=O) groups is 3. The van der Waals surface area contributed by atoms with Crippen LogP contribution in [0.5, 0.6) is 0 Å². The minimum atomic E-state index is -1.52. The number of hydrogen-bond acceptors (Lipinski definition) is 7. The van der Waals surface area contributed by atoms with E-state index >= 15 is 0 Å². The average Bonchev–Trinajstić information content (AvgIpc) is 3.31. The van der Waals surface area contributed by atoms with E-state index in [2.05, 4.69) is 111 Å². The van der Waals surface area contributed by atoms with Crippen LogP contribution in [0, 0.1) is 0 Å². The molecule has 0 fully saturated rings. The van der Waals surface area contributed by atoms with Crippen LogP contribution in [0.15, 0.2) is 97.2 Å². The Hall–Kier alpha value is -3.79. The number of rotatable bonds is 49. The van der Waals surface area contributed by atoms with Crippen molar-refractivity contribution >= 4 is 17.9 Å². The van der Waals surface area contributed by atoms with Gasteiger partial charge in [-0.05, 0) is 96.3 Å². The Bertz CT molecular complexity index is 1450. The van der Waals surface area contributed by atoms with Crippen LogP contribution < -0.4 is 0 Å². The van der Waals surface area contributed by atoms with Gasteiger partial charge < -0.3 is 28.5 Å². The van der Waals surface area contributed by atoms with E-state index in [4.69, 9.17) is 18.9 Å². The van der Waals surface area contributed by atoms with Crippen molar-refractivity contribution in [1.82, 2.24) is 0 Å². The number of carbonyl (C=O) groups excluding carboxylic acids is 2. The number of allylic oxidation sites excluding steroid dienone is 16. The fraction of sp³-hybridized carbons (Fsp3) is 0.683. The number of nitrogens with zero attached hydrogens (tertiary/aromatic N) is 1. The summed E-state index contributed by atoms with van der Waals surface area (Å²) in [6.45, 7) is 4.72. The van der Waals surface area contributed by atoms with Gasteiger partial charge in [-0.3, -0.25) is 9.59 Å². The molecule has 0 bridgehead atoms. The van der Waals surface area contributed by atoms with Crippen molar-refractivity contribution in [3.63, 3.8) is 0 Å². The molecule has 69 heavy (non-hydrogen) atoms. The zero-order valence-corrected chi connectivity index (χ0v) is 44.7. The second kappa shape index (κ2) is 50.6. The molecule has 0 spiro atoms. The normalized spacial score (nSPS) is 13.6. The molecular weight excluding hydrogens is 863 g/mol. The Morgan fingerprint density at radius 1 is 0.449 bits per heavy atom. The molecule has 394 valence electrons.